The second kappa shape index (κ2) is 10.9. The molecule has 27 heavy (non-hydrogen) atoms. The van der Waals surface area contributed by atoms with Gasteiger partial charge in [0.2, 0.25) is 0 Å². The van der Waals surface area contributed by atoms with E-state index in [0.717, 1.165) is 11.5 Å². The fourth-order valence-corrected chi connectivity index (χ4v) is 2.43. The number of rotatable bonds is 8. The molecule has 0 aliphatic heterocycles. The van der Waals surface area contributed by atoms with Gasteiger partial charge in [-0.05, 0) is 30.2 Å². The lowest BCUT2D eigenvalue weighted by Gasteiger charge is -2.18. The van der Waals surface area contributed by atoms with Gasteiger partial charge in [-0.2, -0.15) is 0 Å². The van der Waals surface area contributed by atoms with Gasteiger partial charge in [0.15, 0.2) is 12.6 Å². The van der Waals surface area contributed by atoms with Gasteiger partial charge >= 0.3 is 0 Å². The predicted octanol–water partition coefficient (Wildman–Crippen LogP) is 2.41. The van der Waals surface area contributed by atoms with E-state index >= 15 is 0 Å². The molecule has 0 spiro atoms. The van der Waals surface area contributed by atoms with E-state index in [0.29, 0.717) is 25.4 Å². The van der Waals surface area contributed by atoms with Crippen molar-refractivity contribution in [2.24, 2.45) is 4.99 Å². The van der Waals surface area contributed by atoms with Gasteiger partial charge in [-0.25, -0.2) is 4.99 Å². The Hall–Kier alpha value is -3.02. The Kier molecular flexibility index (Phi) is 8.16. The third kappa shape index (κ3) is 7.40. The number of hydrogen-bond donors (Lipinski definition) is 2. The molecular formula is C21H28N4O2. The molecule has 0 aromatic heterocycles. The van der Waals surface area contributed by atoms with Crippen molar-refractivity contribution in [2.75, 3.05) is 27.2 Å². The van der Waals surface area contributed by atoms with Crippen molar-refractivity contribution >= 4 is 11.9 Å². The van der Waals surface area contributed by atoms with Gasteiger partial charge < -0.3 is 20.3 Å². The van der Waals surface area contributed by atoms with Crippen molar-refractivity contribution in [1.29, 1.82) is 0 Å². The molecule has 0 unspecified atom stereocenters. The molecule has 0 aliphatic rings. The van der Waals surface area contributed by atoms with Crippen LogP contribution in [0.4, 0.5) is 0 Å². The van der Waals surface area contributed by atoms with Crippen LogP contribution in [0.5, 0.6) is 5.75 Å². The maximum Gasteiger partial charge on any atom is 0.257 e. The normalized spacial score (nSPS) is 11.0. The smallest absolute Gasteiger partial charge is 0.257 e. The van der Waals surface area contributed by atoms with Crippen LogP contribution >= 0.6 is 0 Å². The summed E-state index contributed by atoms with van der Waals surface area (Å²) in [5, 5.41) is 6.08. The quantitative estimate of drug-likeness (QED) is 0.555. The maximum absolute atomic E-state index is 11.5. The van der Waals surface area contributed by atoms with Gasteiger partial charge in [-0.15, -0.1) is 0 Å². The SMILES string of the molecule is CCNC(=O)COc1cccc(CN=C(NCc2ccccc2)N(C)C)c1. The number of benzene rings is 2. The molecule has 0 radical (unpaired) electrons. The molecule has 0 saturated carbocycles. The molecule has 0 heterocycles. The van der Waals surface area contributed by atoms with E-state index in [2.05, 4.69) is 27.8 Å². The molecular weight excluding hydrogens is 340 g/mol. The first-order valence-corrected chi connectivity index (χ1v) is 9.06. The number of carbonyl (C=O) groups excluding carboxylic acids is 1. The summed E-state index contributed by atoms with van der Waals surface area (Å²) in [5.74, 6) is 1.35. The average molecular weight is 368 g/mol. The lowest BCUT2D eigenvalue weighted by atomic mass is 10.2. The molecule has 6 heteroatoms. The summed E-state index contributed by atoms with van der Waals surface area (Å²) in [4.78, 5) is 18.1. The number of likely N-dealkylation sites (N-methyl/N-ethyl adjacent to an activating group) is 1. The summed E-state index contributed by atoms with van der Waals surface area (Å²) in [5.41, 5.74) is 2.22. The lowest BCUT2D eigenvalue weighted by molar-refractivity contribution is -0.122. The zero-order chi connectivity index (χ0) is 19.5. The molecule has 2 aromatic rings. The molecule has 6 nitrogen and oxygen atoms in total. The Balaban J connectivity index is 1.94. The number of hydrogen-bond acceptors (Lipinski definition) is 3. The van der Waals surface area contributed by atoms with Crippen molar-refractivity contribution in [2.45, 2.75) is 20.0 Å². The maximum atomic E-state index is 11.5. The Bertz CT molecular complexity index is 745. The van der Waals surface area contributed by atoms with Gasteiger partial charge in [0.25, 0.3) is 5.91 Å². The summed E-state index contributed by atoms with van der Waals surface area (Å²) in [6.07, 6.45) is 0. The van der Waals surface area contributed by atoms with E-state index in [9.17, 15) is 4.79 Å². The first-order chi connectivity index (χ1) is 13.1. The van der Waals surface area contributed by atoms with Crippen molar-refractivity contribution in [3.05, 3.63) is 65.7 Å². The summed E-state index contributed by atoms with van der Waals surface area (Å²) in [7, 11) is 3.92. The van der Waals surface area contributed by atoms with E-state index in [1.165, 1.54) is 5.56 Å². The van der Waals surface area contributed by atoms with Crippen molar-refractivity contribution in [1.82, 2.24) is 15.5 Å². The summed E-state index contributed by atoms with van der Waals surface area (Å²) < 4.78 is 5.53. The molecule has 144 valence electrons. The third-order valence-electron chi connectivity index (χ3n) is 3.77. The summed E-state index contributed by atoms with van der Waals surface area (Å²) >= 11 is 0. The van der Waals surface area contributed by atoms with Crippen molar-refractivity contribution in [3.63, 3.8) is 0 Å². The molecule has 2 N–H and O–H groups in total. The Morgan fingerprint density at radius 1 is 1.04 bits per heavy atom. The number of nitrogens with zero attached hydrogens (tertiary/aromatic N) is 2. The van der Waals surface area contributed by atoms with Gasteiger partial charge in [0.05, 0.1) is 6.54 Å². The van der Waals surface area contributed by atoms with Crippen molar-refractivity contribution in [3.8, 4) is 5.75 Å². The summed E-state index contributed by atoms with van der Waals surface area (Å²) in [6.45, 7) is 3.73. The average Bonchev–Trinajstić information content (AvgIpc) is 2.67. The molecule has 0 saturated heterocycles. The van der Waals surface area contributed by atoms with E-state index in [1.807, 2.05) is 68.4 Å². The summed E-state index contributed by atoms with van der Waals surface area (Å²) in [6, 6.07) is 17.9. The van der Waals surface area contributed by atoms with Crippen LogP contribution in [0, 0.1) is 0 Å². The number of amides is 1. The zero-order valence-corrected chi connectivity index (χ0v) is 16.2. The van der Waals surface area contributed by atoms with E-state index < -0.39 is 0 Å². The number of ether oxygens (including phenoxy) is 1. The number of aliphatic imine (C=N–C) groups is 1. The lowest BCUT2D eigenvalue weighted by Crippen LogP contribution is -2.36. The molecule has 0 aliphatic carbocycles. The highest BCUT2D eigenvalue weighted by Gasteiger charge is 2.04. The van der Waals surface area contributed by atoms with Crippen LogP contribution < -0.4 is 15.4 Å². The van der Waals surface area contributed by atoms with Gasteiger partial charge in [0.1, 0.15) is 5.75 Å². The zero-order valence-electron chi connectivity index (χ0n) is 16.2. The monoisotopic (exact) mass is 368 g/mol. The third-order valence-corrected chi connectivity index (χ3v) is 3.77. The van der Waals surface area contributed by atoms with E-state index in [4.69, 9.17) is 4.74 Å². The Labute approximate surface area is 161 Å². The standard InChI is InChI=1S/C21H28N4O2/c1-4-22-20(26)16-27-19-12-8-11-18(13-19)15-24-21(25(2)3)23-14-17-9-6-5-7-10-17/h5-13H,4,14-16H2,1-3H3,(H,22,26)(H,23,24). The largest absolute Gasteiger partial charge is 0.484 e. The second-order valence-electron chi connectivity index (χ2n) is 6.26. The highest BCUT2D eigenvalue weighted by atomic mass is 16.5. The fraction of sp³-hybridized carbons (Fsp3) is 0.333. The first-order valence-electron chi connectivity index (χ1n) is 9.06. The van der Waals surface area contributed by atoms with Gasteiger partial charge in [0, 0.05) is 27.2 Å². The predicted molar refractivity (Wildman–Crippen MR) is 109 cm³/mol. The Morgan fingerprint density at radius 2 is 1.78 bits per heavy atom. The topological polar surface area (TPSA) is 66.0 Å². The minimum Gasteiger partial charge on any atom is -0.484 e. The Morgan fingerprint density at radius 3 is 2.48 bits per heavy atom. The van der Waals surface area contributed by atoms with Crippen LogP contribution in [0.2, 0.25) is 0 Å². The number of guanidine groups is 1. The van der Waals surface area contributed by atoms with Crippen LogP contribution in [0.25, 0.3) is 0 Å². The highest BCUT2D eigenvalue weighted by Crippen LogP contribution is 2.14. The molecule has 1 amide bonds. The van der Waals surface area contributed by atoms with Crippen LogP contribution in [0.15, 0.2) is 59.6 Å². The fourth-order valence-electron chi connectivity index (χ4n) is 2.43. The first kappa shape index (κ1) is 20.3. The van der Waals surface area contributed by atoms with Crippen LogP contribution in [0.1, 0.15) is 18.1 Å². The molecule has 0 bridgehead atoms. The minimum absolute atomic E-state index is 0.0160. The van der Waals surface area contributed by atoms with Gasteiger partial charge in [-0.1, -0.05) is 42.5 Å². The van der Waals surface area contributed by atoms with Crippen LogP contribution in [0.3, 0.4) is 0 Å². The van der Waals surface area contributed by atoms with Crippen molar-refractivity contribution < 1.29 is 9.53 Å². The molecule has 2 rings (SSSR count). The number of nitrogens with one attached hydrogen (secondary N) is 2. The molecule has 2 aromatic carbocycles. The van der Waals surface area contributed by atoms with E-state index in [-0.39, 0.29) is 12.5 Å². The van der Waals surface area contributed by atoms with Gasteiger partial charge in [-0.3, -0.25) is 4.79 Å². The molecule has 0 fully saturated rings. The van der Waals surface area contributed by atoms with Crippen LogP contribution in [-0.2, 0) is 17.9 Å². The highest BCUT2D eigenvalue weighted by molar-refractivity contribution is 5.79. The minimum atomic E-state index is -0.124. The molecule has 0 atom stereocenters. The van der Waals surface area contributed by atoms with E-state index in [1.54, 1.807) is 0 Å². The van der Waals surface area contributed by atoms with Crippen LogP contribution in [-0.4, -0.2) is 44.0 Å². The number of carbonyl (C=O) groups is 1. The second-order valence-corrected chi connectivity index (χ2v) is 6.26.